The van der Waals surface area contributed by atoms with Gasteiger partial charge in [0.2, 0.25) is 0 Å². The smallest absolute Gasteiger partial charge is 0.271 e. The highest BCUT2D eigenvalue weighted by atomic mass is 35.5. The van der Waals surface area contributed by atoms with Gasteiger partial charge in [0.05, 0.1) is 0 Å². The first kappa shape index (κ1) is 18.4. The number of benzene rings is 2. The topological polar surface area (TPSA) is 71.1 Å². The summed E-state index contributed by atoms with van der Waals surface area (Å²) < 4.78 is 0. The summed E-state index contributed by atoms with van der Waals surface area (Å²) in [5.74, 6) is -0.660. The number of aromatic nitrogens is 1. The van der Waals surface area contributed by atoms with Crippen LogP contribution < -0.4 is 10.6 Å². The summed E-state index contributed by atoms with van der Waals surface area (Å²) in [6.45, 7) is 0.294. The minimum absolute atomic E-state index is 0.230. The van der Waals surface area contributed by atoms with Gasteiger partial charge in [-0.3, -0.25) is 14.9 Å². The fraction of sp³-hybridized carbons (Fsp3) is 0.0556. The SMILES string of the molecule is O=C(Nc1nc(C(=O)NCc2ccccc2Cl)cs1)c1ccc(Cl)cc1. The van der Waals surface area contributed by atoms with Crippen molar-refractivity contribution >= 4 is 51.5 Å². The van der Waals surface area contributed by atoms with E-state index in [1.807, 2.05) is 18.2 Å². The third-order valence-corrected chi connectivity index (χ3v) is 4.84. The van der Waals surface area contributed by atoms with Gasteiger partial charge >= 0.3 is 0 Å². The summed E-state index contributed by atoms with van der Waals surface area (Å²) in [5, 5.41) is 8.47. The van der Waals surface area contributed by atoms with Crippen molar-refractivity contribution in [3.63, 3.8) is 0 Å². The molecule has 132 valence electrons. The van der Waals surface area contributed by atoms with Crippen LogP contribution in [0.25, 0.3) is 0 Å². The maximum Gasteiger partial charge on any atom is 0.271 e. The van der Waals surface area contributed by atoms with Gasteiger partial charge in [-0.05, 0) is 35.9 Å². The number of thiazole rings is 1. The molecular weight excluding hydrogens is 393 g/mol. The lowest BCUT2D eigenvalue weighted by Crippen LogP contribution is -2.23. The lowest BCUT2D eigenvalue weighted by Gasteiger charge is -2.05. The number of nitrogens with zero attached hydrogens (tertiary/aromatic N) is 1. The van der Waals surface area contributed by atoms with Crippen LogP contribution in [0.1, 0.15) is 26.4 Å². The predicted molar refractivity (Wildman–Crippen MR) is 104 cm³/mol. The molecule has 2 amide bonds. The van der Waals surface area contributed by atoms with Crippen LogP contribution >= 0.6 is 34.5 Å². The number of anilines is 1. The van der Waals surface area contributed by atoms with Crippen molar-refractivity contribution < 1.29 is 9.59 Å². The quantitative estimate of drug-likeness (QED) is 0.649. The van der Waals surface area contributed by atoms with E-state index in [-0.39, 0.29) is 17.5 Å². The minimum atomic E-state index is -0.340. The molecule has 1 aromatic heterocycles. The van der Waals surface area contributed by atoms with Crippen molar-refractivity contribution in [2.45, 2.75) is 6.54 Å². The molecule has 0 aliphatic rings. The van der Waals surface area contributed by atoms with Crippen molar-refractivity contribution in [1.82, 2.24) is 10.3 Å². The van der Waals surface area contributed by atoms with Crippen LogP contribution in [0.5, 0.6) is 0 Å². The van der Waals surface area contributed by atoms with E-state index in [1.165, 1.54) is 11.3 Å². The molecule has 0 fully saturated rings. The Morgan fingerprint density at radius 1 is 1.00 bits per heavy atom. The van der Waals surface area contributed by atoms with E-state index in [9.17, 15) is 9.59 Å². The highest BCUT2D eigenvalue weighted by Crippen LogP contribution is 2.18. The molecule has 2 aromatic carbocycles. The Bertz CT molecular complexity index is 942. The second-order valence-corrected chi connectivity index (χ2v) is 6.97. The fourth-order valence-electron chi connectivity index (χ4n) is 2.11. The van der Waals surface area contributed by atoms with Gasteiger partial charge in [-0.2, -0.15) is 0 Å². The molecule has 3 aromatic rings. The van der Waals surface area contributed by atoms with Gasteiger partial charge in [0, 0.05) is 27.5 Å². The number of amides is 2. The van der Waals surface area contributed by atoms with Crippen molar-refractivity contribution in [1.29, 1.82) is 0 Å². The van der Waals surface area contributed by atoms with Crippen molar-refractivity contribution in [3.05, 3.63) is 80.8 Å². The van der Waals surface area contributed by atoms with Crippen LogP contribution in [0.4, 0.5) is 5.13 Å². The Balaban J connectivity index is 1.60. The summed E-state index contributed by atoms with van der Waals surface area (Å²) in [4.78, 5) is 28.5. The Hall–Kier alpha value is -2.41. The molecule has 2 N–H and O–H groups in total. The second kappa shape index (κ2) is 8.31. The van der Waals surface area contributed by atoms with Gasteiger partial charge < -0.3 is 5.32 Å². The fourth-order valence-corrected chi connectivity index (χ4v) is 3.13. The Labute approximate surface area is 164 Å². The minimum Gasteiger partial charge on any atom is -0.347 e. The van der Waals surface area contributed by atoms with Gasteiger partial charge in [-0.25, -0.2) is 4.98 Å². The van der Waals surface area contributed by atoms with Crippen LogP contribution in [-0.2, 0) is 6.54 Å². The zero-order valence-electron chi connectivity index (χ0n) is 13.3. The highest BCUT2D eigenvalue weighted by Gasteiger charge is 2.13. The Morgan fingerprint density at radius 2 is 1.73 bits per heavy atom. The number of hydrogen-bond acceptors (Lipinski definition) is 4. The van der Waals surface area contributed by atoms with E-state index in [1.54, 1.807) is 35.7 Å². The van der Waals surface area contributed by atoms with E-state index < -0.39 is 0 Å². The number of hydrogen-bond donors (Lipinski definition) is 2. The van der Waals surface area contributed by atoms with E-state index in [4.69, 9.17) is 23.2 Å². The molecule has 0 spiro atoms. The van der Waals surface area contributed by atoms with Crippen molar-refractivity contribution in [3.8, 4) is 0 Å². The molecule has 0 unspecified atom stereocenters. The van der Waals surface area contributed by atoms with Gasteiger partial charge in [0.15, 0.2) is 5.13 Å². The zero-order chi connectivity index (χ0) is 18.5. The average Bonchev–Trinajstić information content (AvgIpc) is 3.10. The van der Waals surface area contributed by atoms with Gasteiger partial charge in [-0.15, -0.1) is 11.3 Å². The molecule has 0 saturated carbocycles. The number of nitrogens with one attached hydrogen (secondary N) is 2. The predicted octanol–water partition coefficient (Wildman–Crippen LogP) is 4.63. The second-order valence-electron chi connectivity index (χ2n) is 5.27. The maximum atomic E-state index is 12.2. The van der Waals surface area contributed by atoms with E-state index in [2.05, 4.69) is 15.6 Å². The average molecular weight is 406 g/mol. The van der Waals surface area contributed by atoms with E-state index in [0.29, 0.717) is 27.3 Å². The number of carbonyl (C=O) groups excluding carboxylic acids is 2. The lowest BCUT2D eigenvalue weighted by atomic mass is 10.2. The molecule has 0 atom stereocenters. The van der Waals surface area contributed by atoms with Crippen molar-refractivity contribution in [2.75, 3.05) is 5.32 Å². The molecule has 0 aliphatic carbocycles. The lowest BCUT2D eigenvalue weighted by molar-refractivity contribution is 0.0945. The van der Waals surface area contributed by atoms with Crippen molar-refractivity contribution in [2.24, 2.45) is 0 Å². The summed E-state index contributed by atoms with van der Waals surface area (Å²) in [6, 6.07) is 13.8. The van der Waals surface area contributed by atoms with Gasteiger partial charge in [0.25, 0.3) is 11.8 Å². The molecule has 26 heavy (non-hydrogen) atoms. The molecule has 3 rings (SSSR count). The first-order valence-electron chi connectivity index (χ1n) is 7.57. The van der Waals surface area contributed by atoms with Crippen LogP contribution in [0.2, 0.25) is 10.0 Å². The largest absolute Gasteiger partial charge is 0.347 e. The first-order valence-corrected chi connectivity index (χ1v) is 9.20. The molecule has 0 radical (unpaired) electrons. The van der Waals surface area contributed by atoms with Gasteiger partial charge in [-0.1, -0.05) is 41.4 Å². The monoisotopic (exact) mass is 405 g/mol. The molecule has 5 nitrogen and oxygen atoms in total. The zero-order valence-corrected chi connectivity index (χ0v) is 15.7. The summed E-state index contributed by atoms with van der Waals surface area (Å²) in [5.41, 5.74) is 1.50. The summed E-state index contributed by atoms with van der Waals surface area (Å²) in [7, 11) is 0. The molecular formula is C18H13Cl2N3O2S. The van der Waals surface area contributed by atoms with Gasteiger partial charge in [0.1, 0.15) is 5.69 Å². The van der Waals surface area contributed by atoms with Crippen LogP contribution in [0.15, 0.2) is 53.9 Å². The molecule has 0 saturated heterocycles. The number of rotatable bonds is 5. The van der Waals surface area contributed by atoms with Crippen LogP contribution in [-0.4, -0.2) is 16.8 Å². The summed E-state index contributed by atoms with van der Waals surface area (Å²) >= 11 is 13.0. The van der Waals surface area contributed by atoms with Crippen LogP contribution in [0, 0.1) is 0 Å². The maximum absolute atomic E-state index is 12.2. The molecule has 8 heteroatoms. The Morgan fingerprint density at radius 3 is 2.46 bits per heavy atom. The summed E-state index contributed by atoms with van der Waals surface area (Å²) in [6.07, 6.45) is 0. The molecule has 0 aliphatic heterocycles. The highest BCUT2D eigenvalue weighted by molar-refractivity contribution is 7.14. The Kier molecular flexibility index (Phi) is 5.88. The number of carbonyl (C=O) groups is 2. The van der Waals surface area contributed by atoms with Crippen LogP contribution in [0.3, 0.4) is 0 Å². The van der Waals surface area contributed by atoms with E-state index >= 15 is 0 Å². The standard InChI is InChI=1S/C18H13Cl2N3O2S/c19-13-7-5-11(6-8-13)16(24)23-18-22-15(10-26-18)17(25)21-9-12-3-1-2-4-14(12)20/h1-8,10H,9H2,(H,21,25)(H,22,23,24). The third kappa shape index (κ3) is 4.60. The van der Waals surface area contributed by atoms with E-state index in [0.717, 1.165) is 5.56 Å². The normalized spacial score (nSPS) is 10.4. The molecule has 1 heterocycles. The first-order chi connectivity index (χ1) is 12.5. The number of halogens is 2. The molecule has 0 bridgehead atoms. The third-order valence-electron chi connectivity index (χ3n) is 3.46.